The second kappa shape index (κ2) is 6.02. The molecule has 1 amide bonds. The molecule has 0 radical (unpaired) electrons. The lowest BCUT2D eigenvalue weighted by Gasteiger charge is -2.33. The molecule has 2 unspecified atom stereocenters. The van der Waals surface area contributed by atoms with Crippen LogP contribution in [-0.4, -0.2) is 49.2 Å². The molecule has 2 rings (SSSR count). The van der Waals surface area contributed by atoms with Gasteiger partial charge < -0.3 is 15.0 Å². The van der Waals surface area contributed by atoms with Crippen molar-refractivity contribution in [3.8, 4) is 0 Å². The molecule has 1 N–H and O–H groups in total. The van der Waals surface area contributed by atoms with Crippen molar-refractivity contribution in [2.45, 2.75) is 57.1 Å². The van der Waals surface area contributed by atoms with Gasteiger partial charge in [0, 0.05) is 20.2 Å². The molecule has 18 heavy (non-hydrogen) atoms. The molecule has 0 aromatic carbocycles. The number of amides is 1. The minimum atomic E-state index is -0.290. The summed E-state index contributed by atoms with van der Waals surface area (Å²) >= 11 is 0. The van der Waals surface area contributed by atoms with Gasteiger partial charge >= 0.3 is 0 Å². The maximum Gasteiger partial charge on any atom is 0.242 e. The molecule has 2 aliphatic heterocycles. The maximum atomic E-state index is 12.7. The summed E-state index contributed by atoms with van der Waals surface area (Å²) in [6.45, 7) is 4.71. The van der Waals surface area contributed by atoms with E-state index in [1.54, 1.807) is 0 Å². The highest BCUT2D eigenvalue weighted by molar-refractivity contribution is 5.86. The third-order valence-corrected chi connectivity index (χ3v) is 4.18. The summed E-state index contributed by atoms with van der Waals surface area (Å²) in [4.78, 5) is 14.5. The van der Waals surface area contributed by atoms with E-state index in [4.69, 9.17) is 4.74 Å². The number of hydrogen-bond acceptors (Lipinski definition) is 3. The molecule has 0 aliphatic carbocycles. The Balaban J connectivity index is 1.94. The van der Waals surface area contributed by atoms with E-state index < -0.39 is 0 Å². The predicted octanol–water partition coefficient (Wildman–Crippen LogP) is 1.55. The molecular weight excluding hydrogens is 228 g/mol. The van der Waals surface area contributed by atoms with Crippen molar-refractivity contribution in [1.29, 1.82) is 0 Å². The summed E-state index contributed by atoms with van der Waals surface area (Å²) in [7, 11) is 1.92. The topological polar surface area (TPSA) is 41.6 Å². The molecule has 4 heteroatoms. The van der Waals surface area contributed by atoms with Crippen molar-refractivity contribution in [2.75, 3.05) is 26.7 Å². The van der Waals surface area contributed by atoms with Gasteiger partial charge in [0.15, 0.2) is 0 Å². The van der Waals surface area contributed by atoms with Gasteiger partial charge in [-0.25, -0.2) is 0 Å². The largest absolute Gasteiger partial charge is 0.376 e. The Labute approximate surface area is 110 Å². The van der Waals surface area contributed by atoms with Gasteiger partial charge in [-0.15, -0.1) is 0 Å². The summed E-state index contributed by atoms with van der Waals surface area (Å²) in [5.41, 5.74) is -0.290. The maximum absolute atomic E-state index is 12.7. The second-order valence-corrected chi connectivity index (χ2v) is 5.68. The third-order valence-electron chi connectivity index (χ3n) is 4.18. The summed E-state index contributed by atoms with van der Waals surface area (Å²) in [6, 6.07) is 0. The number of ether oxygens (including phenoxy) is 1. The molecule has 2 saturated heterocycles. The first-order valence-electron chi connectivity index (χ1n) is 7.30. The number of likely N-dealkylation sites (N-methyl/N-ethyl adjacent to an activating group) is 1. The van der Waals surface area contributed by atoms with Crippen LogP contribution in [0.25, 0.3) is 0 Å². The van der Waals surface area contributed by atoms with Crippen LogP contribution in [0, 0.1) is 0 Å². The lowest BCUT2D eigenvalue weighted by molar-refractivity contribution is -0.138. The second-order valence-electron chi connectivity index (χ2n) is 5.68. The fraction of sp³-hybridized carbons (Fsp3) is 0.929. The van der Waals surface area contributed by atoms with Crippen molar-refractivity contribution in [1.82, 2.24) is 10.2 Å². The van der Waals surface area contributed by atoms with Crippen molar-refractivity contribution in [3.05, 3.63) is 0 Å². The number of rotatable bonds is 5. The molecule has 104 valence electrons. The number of nitrogens with one attached hydrogen (secondary N) is 1. The molecule has 2 atom stereocenters. The molecule has 2 aliphatic rings. The van der Waals surface area contributed by atoms with Crippen LogP contribution in [0.3, 0.4) is 0 Å². The van der Waals surface area contributed by atoms with Gasteiger partial charge in [0.05, 0.1) is 11.6 Å². The van der Waals surface area contributed by atoms with Crippen molar-refractivity contribution < 1.29 is 9.53 Å². The quantitative estimate of drug-likeness (QED) is 0.809. The Bertz CT molecular complexity index is 282. The highest BCUT2D eigenvalue weighted by Gasteiger charge is 2.42. The van der Waals surface area contributed by atoms with Gasteiger partial charge in [0.1, 0.15) is 0 Å². The molecular formula is C14H26N2O2. The number of carbonyl (C=O) groups excluding carboxylic acids is 1. The number of carbonyl (C=O) groups is 1. The van der Waals surface area contributed by atoms with Crippen molar-refractivity contribution in [2.24, 2.45) is 0 Å². The van der Waals surface area contributed by atoms with E-state index in [0.717, 1.165) is 58.2 Å². The van der Waals surface area contributed by atoms with Gasteiger partial charge in [-0.05, 0) is 38.6 Å². The van der Waals surface area contributed by atoms with E-state index in [2.05, 4.69) is 12.2 Å². The first-order chi connectivity index (χ1) is 8.68. The fourth-order valence-corrected chi connectivity index (χ4v) is 3.28. The van der Waals surface area contributed by atoms with Gasteiger partial charge in [-0.3, -0.25) is 4.79 Å². The minimum absolute atomic E-state index is 0.249. The van der Waals surface area contributed by atoms with Gasteiger partial charge in [-0.1, -0.05) is 13.3 Å². The Hall–Kier alpha value is -0.610. The smallest absolute Gasteiger partial charge is 0.242 e. The SMILES string of the molecule is CCCC1(C(=O)N(C)CC2CCCO2)CCCN1. The van der Waals surface area contributed by atoms with Crippen LogP contribution < -0.4 is 5.32 Å². The first-order valence-corrected chi connectivity index (χ1v) is 7.30. The van der Waals surface area contributed by atoms with Gasteiger partial charge in [0.25, 0.3) is 0 Å². The highest BCUT2D eigenvalue weighted by Crippen LogP contribution is 2.27. The van der Waals surface area contributed by atoms with Crippen LogP contribution in [0.2, 0.25) is 0 Å². The van der Waals surface area contributed by atoms with Crippen LogP contribution in [0.5, 0.6) is 0 Å². The van der Waals surface area contributed by atoms with E-state index in [-0.39, 0.29) is 17.6 Å². The molecule has 0 spiro atoms. The summed E-state index contributed by atoms with van der Waals surface area (Å²) in [6.07, 6.45) is 6.55. The Morgan fingerprint density at radius 2 is 2.33 bits per heavy atom. The molecule has 0 aromatic heterocycles. The van der Waals surface area contributed by atoms with Crippen LogP contribution in [-0.2, 0) is 9.53 Å². The van der Waals surface area contributed by atoms with Crippen LogP contribution in [0.1, 0.15) is 45.4 Å². The lowest BCUT2D eigenvalue weighted by Crippen LogP contribution is -2.55. The van der Waals surface area contributed by atoms with Gasteiger partial charge in [-0.2, -0.15) is 0 Å². The molecule has 4 nitrogen and oxygen atoms in total. The zero-order chi connectivity index (χ0) is 13.0. The van der Waals surface area contributed by atoms with Crippen LogP contribution in [0.15, 0.2) is 0 Å². The zero-order valence-electron chi connectivity index (χ0n) is 11.7. The predicted molar refractivity (Wildman–Crippen MR) is 71.5 cm³/mol. The molecule has 0 aromatic rings. The normalized spacial score (nSPS) is 31.8. The van der Waals surface area contributed by atoms with Crippen LogP contribution in [0.4, 0.5) is 0 Å². The fourth-order valence-electron chi connectivity index (χ4n) is 3.28. The highest BCUT2D eigenvalue weighted by atomic mass is 16.5. The Kier molecular flexibility index (Phi) is 4.62. The number of nitrogens with zero attached hydrogens (tertiary/aromatic N) is 1. The number of hydrogen-bond donors (Lipinski definition) is 1. The van der Waals surface area contributed by atoms with E-state index in [1.807, 2.05) is 11.9 Å². The Morgan fingerprint density at radius 1 is 1.50 bits per heavy atom. The summed E-state index contributed by atoms with van der Waals surface area (Å²) in [5, 5.41) is 3.44. The zero-order valence-corrected chi connectivity index (χ0v) is 11.7. The van der Waals surface area contributed by atoms with Crippen molar-refractivity contribution >= 4 is 5.91 Å². The summed E-state index contributed by atoms with van der Waals surface area (Å²) in [5.74, 6) is 0.261. The van der Waals surface area contributed by atoms with E-state index in [1.165, 1.54) is 0 Å². The average Bonchev–Trinajstić information content (AvgIpc) is 3.00. The monoisotopic (exact) mass is 254 g/mol. The molecule has 0 bridgehead atoms. The van der Waals surface area contributed by atoms with E-state index >= 15 is 0 Å². The third kappa shape index (κ3) is 2.86. The molecule has 2 fully saturated rings. The first kappa shape index (κ1) is 13.8. The van der Waals surface area contributed by atoms with E-state index in [9.17, 15) is 4.79 Å². The van der Waals surface area contributed by atoms with Crippen molar-refractivity contribution in [3.63, 3.8) is 0 Å². The minimum Gasteiger partial charge on any atom is -0.376 e. The lowest BCUT2D eigenvalue weighted by atomic mass is 9.90. The van der Waals surface area contributed by atoms with Gasteiger partial charge in [0.2, 0.25) is 5.91 Å². The average molecular weight is 254 g/mol. The standard InChI is InChI=1S/C14H26N2O2/c1-3-7-14(8-5-9-15-14)13(17)16(2)11-12-6-4-10-18-12/h12,15H,3-11H2,1-2H3. The van der Waals surface area contributed by atoms with Crippen LogP contribution >= 0.6 is 0 Å². The molecule has 0 saturated carbocycles. The molecule has 2 heterocycles. The van der Waals surface area contributed by atoms with E-state index in [0.29, 0.717) is 0 Å². The Morgan fingerprint density at radius 3 is 2.89 bits per heavy atom. The summed E-state index contributed by atoms with van der Waals surface area (Å²) < 4.78 is 5.62.